The number of likely N-dealkylation sites (tertiary alicyclic amines) is 1. The summed E-state index contributed by atoms with van der Waals surface area (Å²) in [5, 5.41) is 8.61. The van der Waals surface area contributed by atoms with Crippen molar-refractivity contribution in [3.8, 4) is 6.19 Å². The fourth-order valence-electron chi connectivity index (χ4n) is 1.53. The molecule has 0 amide bonds. The summed E-state index contributed by atoms with van der Waals surface area (Å²) in [6.45, 7) is 2.60. The van der Waals surface area contributed by atoms with Gasteiger partial charge in [-0.25, -0.2) is 0 Å². The molecule has 0 radical (unpaired) electrons. The highest BCUT2D eigenvalue weighted by Gasteiger charge is 2.17. The van der Waals surface area contributed by atoms with Crippen molar-refractivity contribution >= 4 is 0 Å². The molecule has 0 bridgehead atoms. The van der Waals surface area contributed by atoms with Crippen LogP contribution in [-0.4, -0.2) is 31.7 Å². The molecule has 1 fully saturated rings. The fraction of sp³-hybridized carbons (Fsp3) is 0.875. The molecule has 1 unspecified atom stereocenters. The van der Waals surface area contributed by atoms with Gasteiger partial charge in [0.2, 0.25) is 0 Å². The Labute approximate surface area is 67.6 Å². The number of piperidine rings is 1. The minimum Gasteiger partial charge on any atom is -0.384 e. The molecule has 0 spiro atoms. The molecule has 0 aliphatic carbocycles. The average Bonchev–Trinajstić information content (AvgIpc) is 2.06. The van der Waals surface area contributed by atoms with E-state index in [0.717, 1.165) is 26.1 Å². The van der Waals surface area contributed by atoms with E-state index in [1.807, 2.05) is 4.90 Å². The zero-order valence-corrected chi connectivity index (χ0v) is 6.92. The van der Waals surface area contributed by atoms with Gasteiger partial charge in [0.05, 0.1) is 6.61 Å². The van der Waals surface area contributed by atoms with E-state index in [1.165, 1.54) is 6.42 Å². The zero-order valence-electron chi connectivity index (χ0n) is 6.92. The molecule has 1 aliphatic heterocycles. The maximum Gasteiger partial charge on any atom is 0.179 e. The fourth-order valence-corrected chi connectivity index (χ4v) is 1.53. The smallest absolute Gasteiger partial charge is 0.179 e. The first-order valence-corrected chi connectivity index (χ1v) is 4.00. The Bertz CT molecular complexity index is 151. The van der Waals surface area contributed by atoms with Crippen molar-refractivity contribution < 1.29 is 4.74 Å². The predicted octanol–water partition coefficient (Wildman–Crippen LogP) is 0.826. The van der Waals surface area contributed by atoms with E-state index in [1.54, 1.807) is 7.11 Å². The van der Waals surface area contributed by atoms with Gasteiger partial charge in [-0.3, -0.25) is 0 Å². The first-order chi connectivity index (χ1) is 5.36. The molecule has 1 heterocycles. The lowest BCUT2D eigenvalue weighted by atomic mass is 10.00. The molecule has 0 aromatic carbocycles. The normalized spacial score (nSPS) is 24.7. The van der Waals surface area contributed by atoms with Crippen LogP contribution < -0.4 is 0 Å². The summed E-state index contributed by atoms with van der Waals surface area (Å²) in [6, 6.07) is 0. The highest BCUT2D eigenvalue weighted by molar-refractivity contribution is 4.81. The summed E-state index contributed by atoms with van der Waals surface area (Å²) in [5.74, 6) is 0.563. The molecular weight excluding hydrogens is 140 g/mol. The van der Waals surface area contributed by atoms with Crippen molar-refractivity contribution in [3.63, 3.8) is 0 Å². The first kappa shape index (κ1) is 8.35. The summed E-state index contributed by atoms with van der Waals surface area (Å²) >= 11 is 0. The van der Waals surface area contributed by atoms with Crippen LogP contribution in [0, 0.1) is 17.4 Å². The third-order valence-electron chi connectivity index (χ3n) is 2.06. The van der Waals surface area contributed by atoms with Crippen molar-refractivity contribution in [1.29, 1.82) is 5.26 Å². The van der Waals surface area contributed by atoms with Crippen LogP contribution in [0.25, 0.3) is 0 Å². The van der Waals surface area contributed by atoms with Crippen LogP contribution in [0.1, 0.15) is 12.8 Å². The number of rotatable bonds is 2. The Hall–Kier alpha value is -0.750. The van der Waals surface area contributed by atoms with Crippen molar-refractivity contribution in [1.82, 2.24) is 4.90 Å². The van der Waals surface area contributed by atoms with E-state index < -0.39 is 0 Å². The van der Waals surface area contributed by atoms with Crippen LogP contribution >= 0.6 is 0 Å². The summed E-state index contributed by atoms with van der Waals surface area (Å²) in [6.07, 6.45) is 4.50. The number of methoxy groups -OCH3 is 1. The zero-order chi connectivity index (χ0) is 8.10. The molecule has 1 saturated heterocycles. The van der Waals surface area contributed by atoms with Crippen molar-refractivity contribution in [3.05, 3.63) is 0 Å². The van der Waals surface area contributed by atoms with Crippen LogP contribution in [0.2, 0.25) is 0 Å². The van der Waals surface area contributed by atoms with E-state index in [4.69, 9.17) is 10.00 Å². The van der Waals surface area contributed by atoms with Gasteiger partial charge in [-0.2, -0.15) is 5.26 Å². The molecule has 0 N–H and O–H groups in total. The van der Waals surface area contributed by atoms with Crippen LogP contribution in [0.3, 0.4) is 0 Å². The largest absolute Gasteiger partial charge is 0.384 e. The van der Waals surface area contributed by atoms with Crippen LogP contribution in [0.5, 0.6) is 0 Å². The van der Waals surface area contributed by atoms with Gasteiger partial charge in [-0.15, -0.1) is 0 Å². The third kappa shape index (κ3) is 2.39. The molecular formula is C8H14N2O. The van der Waals surface area contributed by atoms with Crippen molar-refractivity contribution in [2.24, 2.45) is 5.92 Å². The Morgan fingerprint density at radius 1 is 1.73 bits per heavy atom. The van der Waals surface area contributed by atoms with E-state index in [-0.39, 0.29) is 0 Å². The highest BCUT2D eigenvalue weighted by atomic mass is 16.5. The summed E-state index contributed by atoms with van der Waals surface area (Å²) in [7, 11) is 1.71. The average molecular weight is 154 g/mol. The van der Waals surface area contributed by atoms with Crippen LogP contribution in [-0.2, 0) is 4.74 Å². The Morgan fingerprint density at radius 3 is 3.18 bits per heavy atom. The SMILES string of the molecule is COCC1CCCN(C#N)C1. The Morgan fingerprint density at radius 2 is 2.55 bits per heavy atom. The monoisotopic (exact) mass is 154 g/mol. The quantitative estimate of drug-likeness (QED) is 0.553. The summed E-state index contributed by atoms with van der Waals surface area (Å²) in [5.41, 5.74) is 0. The van der Waals surface area contributed by atoms with Gasteiger partial charge in [-0.1, -0.05) is 0 Å². The molecule has 11 heavy (non-hydrogen) atoms. The van der Waals surface area contributed by atoms with Gasteiger partial charge in [0.1, 0.15) is 0 Å². The Balaban J connectivity index is 2.29. The predicted molar refractivity (Wildman–Crippen MR) is 41.8 cm³/mol. The summed E-state index contributed by atoms with van der Waals surface area (Å²) < 4.78 is 5.04. The second kappa shape index (κ2) is 4.20. The van der Waals surface area contributed by atoms with Gasteiger partial charge in [0, 0.05) is 26.1 Å². The Kier molecular flexibility index (Phi) is 3.18. The number of hydrogen-bond acceptors (Lipinski definition) is 3. The number of hydrogen-bond donors (Lipinski definition) is 0. The van der Waals surface area contributed by atoms with E-state index in [9.17, 15) is 0 Å². The van der Waals surface area contributed by atoms with Crippen LogP contribution in [0.4, 0.5) is 0 Å². The van der Waals surface area contributed by atoms with Crippen molar-refractivity contribution in [2.45, 2.75) is 12.8 Å². The lowest BCUT2D eigenvalue weighted by Crippen LogP contribution is -2.33. The lowest BCUT2D eigenvalue weighted by Gasteiger charge is -2.27. The van der Waals surface area contributed by atoms with Gasteiger partial charge < -0.3 is 9.64 Å². The maximum absolute atomic E-state index is 8.61. The lowest BCUT2D eigenvalue weighted by molar-refractivity contribution is 0.112. The molecule has 3 heteroatoms. The van der Waals surface area contributed by atoms with E-state index in [2.05, 4.69) is 6.19 Å². The van der Waals surface area contributed by atoms with Gasteiger partial charge in [0.25, 0.3) is 0 Å². The maximum atomic E-state index is 8.61. The van der Waals surface area contributed by atoms with E-state index in [0.29, 0.717) is 5.92 Å². The first-order valence-electron chi connectivity index (χ1n) is 4.00. The molecule has 0 aromatic heterocycles. The molecule has 1 rings (SSSR count). The number of ether oxygens (including phenoxy) is 1. The molecule has 0 saturated carbocycles. The second-order valence-electron chi connectivity index (χ2n) is 3.01. The molecule has 3 nitrogen and oxygen atoms in total. The second-order valence-corrected chi connectivity index (χ2v) is 3.01. The van der Waals surface area contributed by atoms with Crippen LogP contribution in [0.15, 0.2) is 0 Å². The number of nitriles is 1. The third-order valence-corrected chi connectivity index (χ3v) is 2.06. The standard InChI is InChI=1S/C8H14N2O/c1-11-6-8-3-2-4-10(5-8)7-9/h8H,2-6H2,1H3. The highest BCUT2D eigenvalue weighted by Crippen LogP contribution is 2.15. The van der Waals surface area contributed by atoms with E-state index >= 15 is 0 Å². The van der Waals surface area contributed by atoms with Crippen molar-refractivity contribution in [2.75, 3.05) is 26.8 Å². The van der Waals surface area contributed by atoms with Gasteiger partial charge in [-0.05, 0) is 12.8 Å². The number of nitrogens with zero attached hydrogens (tertiary/aromatic N) is 2. The summed E-state index contributed by atoms with van der Waals surface area (Å²) in [4.78, 5) is 1.81. The van der Waals surface area contributed by atoms with Gasteiger partial charge >= 0.3 is 0 Å². The molecule has 62 valence electrons. The van der Waals surface area contributed by atoms with Gasteiger partial charge in [0.15, 0.2) is 6.19 Å². The molecule has 1 atom stereocenters. The topological polar surface area (TPSA) is 36.3 Å². The minimum atomic E-state index is 0.563. The molecule has 0 aromatic rings. The molecule has 1 aliphatic rings. The minimum absolute atomic E-state index is 0.563.